The number of imidazole rings is 1. The molecule has 0 unspecified atom stereocenters. The molecule has 2 rings (SSSR count). The molecule has 0 N–H and O–H groups in total. The van der Waals surface area contributed by atoms with E-state index in [9.17, 15) is 0 Å². The summed E-state index contributed by atoms with van der Waals surface area (Å²) in [5.74, 6) is 0.935. The van der Waals surface area contributed by atoms with Crippen molar-refractivity contribution >= 4 is 36.6 Å². The Morgan fingerprint density at radius 1 is 1.53 bits per heavy atom. The average molecular weight is 312 g/mol. The van der Waals surface area contributed by atoms with Gasteiger partial charge < -0.3 is 4.74 Å². The van der Waals surface area contributed by atoms with Crippen LogP contribution in [0, 0.1) is 6.92 Å². The number of rotatable bonds is 5. The van der Waals surface area contributed by atoms with Crippen molar-refractivity contribution < 1.29 is 4.74 Å². The fraction of sp³-hybridized carbons (Fsp3) is 0.455. The molecule has 0 saturated heterocycles. The fourth-order valence-electron chi connectivity index (χ4n) is 1.58. The SMILES string of the molecule is C[Si]CCOCn1c(C)nc2cc(Br)cnc21. The van der Waals surface area contributed by atoms with Gasteiger partial charge >= 0.3 is 0 Å². The van der Waals surface area contributed by atoms with E-state index in [4.69, 9.17) is 4.74 Å². The highest BCUT2D eigenvalue weighted by molar-refractivity contribution is 9.10. The van der Waals surface area contributed by atoms with Crippen molar-refractivity contribution in [3.63, 3.8) is 0 Å². The normalized spacial score (nSPS) is 11.2. The van der Waals surface area contributed by atoms with E-state index in [1.165, 1.54) is 0 Å². The van der Waals surface area contributed by atoms with Gasteiger partial charge in [-0.25, -0.2) is 9.97 Å². The van der Waals surface area contributed by atoms with Crippen molar-refractivity contribution in [2.24, 2.45) is 0 Å². The Morgan fingerprint density at radius 3 is 3.12 bits per heavy atom. The van der Waals surface area contributed by atoms with Gasteiger partial charge in [0.2, 0.25) is 0 Å². The molecule has 2 radical (unpaired) electrons. The van der Waals surface area contributed by atoms with E-state index >= 15 is 0 Å². The molecule has 0 saturated carbocycles. The molecule has 0 bridgehead atoms. The van der Waals surface area contributed by atoms with Crippen LogP contribution in [0.4, 0.5) is 0 Å². The third-order valence-electron chi connectivity index (χ3n) is 2.46. The smallest absolute Gasteiger partial charge is 0.161 e. The maximum atomic E-state index is 5.62. The summed E-state index contributed by atoms with van der Waals surface area (Å²) in [6.07, 6.45) is 1.79. The van der Waals surface area contributed by atoms with Crippen LogP contribution >= 0.6 is 15.9 Å². The highest BCUT2D eigenvalue weighted by atomic mass is 79.9. The van der Waals surface area contributed by atoms with E-state index in [1.54, 1.807) is 6.20 Å². The number of ether oxygens (including phenoxy) is 1. The second kappa shape index (κ2) is 5.75. The molecule has 6 heteroatoms. The lowest BCUT2D eigenvalue weighted by molar-refractivity contribution is 0.0888. The minimum atomic E-state index is 0.529. The first-order chi connectivity index (χ1) is 8.22. The topological polar surface area (TPSA) is 39.9 Å². The molecule has 0 aromatic carbocycles. The lowest BCUT2D eigenvalue weighted by atomic mass is 10.4. The predicted molar refractivity (Wildman–Crippen MR) is 72.3 cm³/mol. The van der Waals surface area contributed by atoms with Gasteiger partial charge in [0.05, 0.1) is 0 Å². The number of pyridine rings is 1. The summed E-state index contributed by atoms with van der Waals surface area (Å²) in [6.45, 7) is 5.48. The number of aromatic nitrogens is 3. The van der Waals surface area contributed by atoms with Gasteiger partial charge in [0.1, 0.15) is 18.1 Å². The Bertz CT molecular complexity index is 515. The molecule has 0 amide bonds. The van der Waals surface area contributed by atoms with Crippen LogP contribution in [-0.2, 0) is 11.5 Å². The molecule has 0 atom stereocenters. The molecule has 0 fully saturated rings. The van der Waals surface area contributed by atoms with Crippen LogP contribution in [0.2, 0.25) is 12.6 Å². The minimum absolute atomic E-state index is 0.529. The van der Waals surface area contributed by atoms with E-state index in [0.717, 1.165) is 43.6 Å². The predicted octanol–water partition coefficient (Wildman–Crippen LogP) is 2.65. The first kappa shape index (κ1) is 12.7. The van der Waals surface area contributed by atoms with Gasteiger partial charge in [-0.2, -0.15) is 0 Å². The van der Waals surface area contributed by atoms with Crippen molar-refractivity contribution in [2.45, 2.75) is 26.2 Å². The number of halogens is 1. The van der Waals surface area contributed by atoms with Crippen molar-refractivity contribution in [1.82, 2.24) is 14.5 Å². The van der Waals surface area contributed by atoms with Gasteiger partial charge in [-0.15, -0.1) is 0 Å². The van der Waals surface area contributed by atoms with Crippen LogP contribution in [0.3, 0.4) is 0 Å². The van der Waals surface area contributed by atoms with Crippen LogP contribution in [0.15, 0.2) is 16.7 Å². The van der Waals surface area contributed by atoms with Crippen LogP contribution in [0.25, 0.3) is 11.2 Å². The molecule has 2 aromatic heterocycles. The molecule has 0 aliphatic rings. The van der Waals surface area contributed by atoms with E-state index in [2.05, 4.69) is 32.4 Å². The highest BCUT2D eigenvalue weighted by Crippen LogP contribution is 2.18. The van der Waals surface area contributed by atoms with E-state index in [0.29, 0.717) is 6.73 Å². The van der Waals surface area contributed by atoms with Crippen LogP contribution < -0.4 is 0 Å². The van der Waals surface area contributed by atoms with E-state index in [1.807, 2.05) is 17.6 Å². The Labute approximate surface area is 111 Å². The Morgan fingerprint density at radius 2 is 2.35 bits per heavy atom. The highest BCUT2D eigenvalue weighted by Gasteiger charge is 2.08. The summed E-state index contributed by atoms with van der Waals surface area (Å²) < 4.78 is 8.56. The number of hydrogen-bond acceptors (Lipinski definition) is 3. The zero-order chi connectivity index (χ0) is 12.3. The number of hydrogen-bond donors (Lipinski definition) is 0. The number of aryl methyl sites for hydroxylation is 1. The third-order valence-corrected chi connectivity index (χ3v) is 3.60. The van der Waals surface area contributed by atoms with Gasteiger partial charge in [-0.1, -0.05) is 6.55 Å². The van der Waals surface area contributed by atoms with Gasteiger partial charge in [-0.3, -0.25) is 4.57 Å². The van der Waals surface area contributed by atoms with Crippen molar-refractivity contribution in [1.29, 1.82) is 0 Å². The molecule has 2 aromatic rings. The molecule has 17 heavy (non-hydrogen) atoms. The van der Waals surface area contributed by atoms with Crippen molar-refractivity contribution in [2.75, 3.05) is 6.61 Å². The molecule has 0 spiro atoms. The maximum absolute atomic E-state index is 5.62. The summed E-state index contributed by atoms with van der Waals surface area (Å²) in [6, 6.07) is 3.09. The first-order valence-electron chi connectivity index (χ1n) is 5.43. The largest absolute Gasteiger partial charge is 0.361 e. The van der Waals surface area contributed by atoms with Gasteiger partial charge in [-0.05, 0) is 35.0 Å². The number of nitrogens with zero attached hydrogens (tertiary/aromatic N) is 3. The Kier molecular flexibility index (Phi) is 4.30. The molecule has 90 valence electrons. The summed E-state index contributed by atoms with van der Waals surface area (Å²) in [5, 5.41) is 0. The number of fused-ring (bicyclic) bond motifs is 1. The second-order valence-corrected chi connectivity index (χ2v) is 5.85. The van der Waals surface area contributed by atoms with E-state index < -0.39 is 0 Å². The van der Waals surface area contributed by atoms with Gasteiger partial charge in [0, 0.05) is 26.8 Å². The zero-order valence-electron chi connectivity index (χ0n) is 9.90. The maximum Gasteiger partial charge on any atom is 0.161 e. The van der Waals surface area contributed by atoms with Crippen molar-refractivity contribution in [3.05, 3.63) is 22.6 Å². The third kappa shape index (κ3) is 2.94. The van der Waals surface area contributed by atoms with Crippen LogP contribution in [0.1, 0.15) is 5.82 Å². The standard InChI is InChI=1S/C11H14BrN3OSi/c1-8-14-10-5-9(12)6-13-11(10)15(8)7-16-3-4-17-2/h5-6H,3-4,7H2,1-2H3. The molecule has 4 nitrogen and oxygen atoms in total. The summed E-state index contributed by atoms with van der Waals surface area (Å²) in [5.41, 5.74) is 1.78. The Hall–Kier alpha value is -0.723. The first-order valence-corrected chi connectivity index (χ1v) is 7.93. The molecular formula is C11H14BrN3OSi. The summed E-state index contributed by atoms with van der Waals surface area (Å²) >= 11 is 3.40. The second-order valence-electron chi connectivity index (χ2n) is 3.72. The quantitative estimate of drug-likeness (QED) is 0.629. The van der Waals surface area contributed by atoms with Gasteiger partial charge in [0.15, 0.2) is 5.65 Å². The van der Waals surface area contributed by atoms with E-state index in [-0.39, 0.29) is 0 Å². The molecular weight excluding hydrogens is 298 g/mol. The summed E-state index contributed by atoms with van der Waals surface area (Å²) in [7, 11) is 0.938. The van der Waals surface area contributed by atoms with Crippen LogP contribution in [-0.4, -0.2) is 30.7 Å². The molecule has 2 heterocycles. The lowest BCUT2D eigenvalue weighted by Gasteiger charge is -2.06. The lowest BCUT2D eigenvalue weighted by Crippen LogP contribution is -2.06. The minimum Gasteiger partial charge on any atom is -0.361 e. The monoisotopic (exact) mass is 311 g/mol. The van der Waals surface area contributed by atoms with Gasteiger partial charge in [0.25, 0.3) is 0 Å². The Balaban J connectivity index is 2.18. The molecule has 0 aliphatic carbocycles. The zero-order valence-corrected chi connectivity index (χ0v) is 12.5. The fourth-order valence-corrected chi connectivity index (χ4v) is 2.25. The van der Waals surface area contributed by atoms with Crippen LogP contribution in [0.5, 0.6) is 0 Å². The molecule has 0 aliphatic heterocycles. The summed E-state index contributed by atoms with van der Waals surface area (Å²) in [4.78, 5) is 8.84. The van der Waals surface area contributed by atoms with Crippen molar-refractivity contribution in [3.8, 4) is 0 Å². The average Bonchev–Trinajstić information content (AvgIpc) is 2.60.